The Balaban J connectivity index is 1.88. The molecule has 2 heterocycles. The van der Waals surface area contributed by atoms with Gasteiger partial charge in [0.15, 0.2) is 5.65 Å². The van der Waals surface area contributed by atoms with Gasteiger partial charge in [-0.25, -0.2) is 4.98 Å². The van der Waals surface area contributed by atoms with Crippen LogP contribution >= 0.6 is 0 Å². The van der Waals surface area contributed by atoms with Crippen LogP contribution in [0.5, 0.6) is 0 Å². The molecule has 6 nitrogen and oxygen atoms in total. The van der Waals surface area contributed by atoms with Crippen molar-refractivity contribution in [3.8, 4) is 0 Å². The highest BCUT2D eigenvalue weighted by atomic mass is 16.3. The number of rotatable bonds is 3. The zero-order valence-corrected chi connectivity index (χ0v) is 13.7. The monoisotopic (exact) mass is 316 g/mol. The number of hydrogen-bond donors (Lipinski definition) is 2. The highest BCUT2D eigenvalue weighted by molar-refractivity contribution is 6.05. The van der Waals surface area contributed by atoms with Crippen LogP contribution in [0.15, 0.2) is 12.3 Å². The third-order valence-corrected chi connectivity index (χ3v) is 4.79. The lowest BCUT2D eigenvalue weighted by atomic mass is 9.95. The molecule has 2 unspecified atom stereocenters. The minimum Gasteiger partial charge on any atom is -0.396 e. The zero-order chi connectivity index (χ0) is 16.4. The van der Waals surface area contributed by atoms with E-state index < -0.39 is 0 Å². The van der Waals surface area contributed by atoms with Crippen molar-refractivity contribution in [3.05, 3.63) is 23.5 Å². The fourth-order valence-corrected chi connectivity index (χ4v) is 3.47. The number of carbonyl (C=O) groups is 1. The molecule has 2 aromatic heterocycles. The number of aryl methyl sites for hydroxylation is 2. The molecule has 0 aromatic carbocycles. The second kappa shape index (κ2) is 6.66. The van der Waals surface area contributed by atoms with E-state index in [4.69, 9.17) is 0 Å². The van der Waals surface area contributed by atoms with Gasteiger partial charge in [0, 0.05) is 31.3 Å². The molecular formula is C17H24N4O2. The summed E-state index contributed by atoms with van der Waals surface area (Å²) in [5.41, 5.74) is 2.13. The number of hydrogen-bond acceptors (Lipinski definition) is 4. The normalized spacial score (nSPS) is 22.0. The number of fused-ring (bicyclic) bond motifs is 1. The SMILES string of the molecule is Cc1cc(C(=O)NC2CCCCCC2CO)c2cnn(C)c2n1. The number of nitrogens with one attached hydrogen (secondary N) is 1. The molecule has 3 rings (SSSR count). The van der Waals surface area contributed by atoms with E-state index >= 15 is 0 Å². The summed E-state index contributed by atoms with van der Waals surface area (Å²) >= 11 is 0. The number of amides is 1. The van der Waals surface area contributed by atoms with Gasteiger partial charge in [-0.1, -0.05) is 19.3 Å². The molecule has 0 aliphatic heterocycles. The Labute approximate surface area is 135 Å². The number of pyridine rings is 1. The van der Waals surface area contributed by atoms with E-state index in [0.29, 0.717) is 5.56 Å². The molecule has 1 aliphatic carbocycles. The van der Waals surface area contributed by atoms with E-state index in [0.717, 1.165) is 42.4 Å². The van der Waals surface area contributed by atoms with Gasteiger partial charge in [0.25, 0.3) is 5.91 Å². The second-order valence-corrected chi connectivity index (χ2v) is 6.48. The average molecular weight is 316 g/mol. The molecule has 0 spiro atoms. The van der Waals surface area contributed by atoms with E-state index in [2.05, 4.69) is 15.4 Å². The van der Waals surface area contributed by atoms with Crippen molar-refractivity contribution in [1.29, 1.82) is 0 Å². The lowest BCUT2D eigenvalue weighted by Gasteiger charge is -2.24. The fourth-order valence-electron chi connectivity index (χ4n) is 3.47. The summed E-state index contributed by atoms with van der Waals surface area (Å²) in [4.78, 5) is 17.3. The lowest BCUT2D eigenvalue weighted by molar-refractivity contribution is 0.0901. The lowest BCUT2D eigenvalue weighted by Crippen LogP contribution is -2.41. The van der Waals surface area contributed by atoms with Crippen molar-refractivity contribution < 1.29 is 9.90 Å². The molecule has 1 amide bonds. The summed E-state index contributed by atoms with van der Waals surface area (Å²) in [6.07, 6.45) is 6.98. The maximum atomic E-state index is 12.8. The number of carbonyl (C=O) groups excluding carboxylic acids is 1. The average Bonchev–Trinajstić information content (AvgIpc) is 2.76. The van der Waals surface area contributed by atoms with Gasteiger partial charge in [-0.05, 0) is 25.8 Å². The first-order chi connectivity index (χ1) is 11.1. The molecule has 2 aromatic rings. The van der Waals surface area contributed by atoms with Crippen LogP contribution in [0, 0.1) is 12.8 Å². The molecule has 124 valence electrons. The minimum atomic E-state index is -0.0983. The first-order valence-electron chi connectivity index (χ1n) is 8.31. The fraction of sp³-hybridized carbons (Fsp3) is 0.588. The van der Waals surface area contributed by atoms with Crippen LogP contribution in [-0.2, 0) is 7.05 Å². The summed E-state index contributed by atoms with van der Waals surface area (Å²) in [5, 5.41) is 17.7. The van der Waals surface area contributed by atoms with Gasteiger partial charge < -0.3 is 10.4 Å². The Morgan fingerprint density at radius 1 is 1.39 bits per heavy atom. The van der Waals surface area contributed by atoms with Gasteiger partial charge in [-0.3, -0.25) is 9.48 Å². The number of nitrogens with zero attached hydrogens (tertiary/aromatic N) is 3. The van der Waals surface area contributed by atoms with Crippen molar-refractivity contribution in [2.75, 3.05) is 6.61 Å². The van der Waals surface area contributed by atoms with Gasteiger partial charge in [0.2, 0.25) is 0 Å². The molecule has 1 aliphatic rings. The topological polar surface area (TPSA) is 80.0 Å². The van der Waals surface area contributed by atoms with E-state index in [1.54, 1.807) is 10.9 Å². The number of aliphatic hydroxyl groups is 1. The summed E-state index contributed by atoms with van der Waals surface area (Å²) in [6, 6.07) is 1.85. The van der Waals surface area contributed by atoms with Crippen LogP contribution in [0.3, 0.4) is 0 Å². The van der Waals surface area contributed by atoms with Crippen molar-refractivity contribution in [3.63, 3.8) is 0 Å². The van der Waals surface area contributed by atoms with E-state index in [9.17, 15) is 9.90 Å². The number of aliphatic hydroxyl groups excluding tert-OH is 1. The standard InChI is InChI=1S/C17H24N4O2/c1-11-8-13(14-9-18-21(2)16(14)19-11)17(23)20-15-7-5-3-4-6-12(15)10-22/h8-9,12,15,22H,3-7,10H2,1-2H3,(H,20,23). The molecular weight excluding hydrogens is 292 g/mol. The van der Waals surface area contributed by atoms with E-state index in [1.807, 2.05) is 20.0 Å². The highest BCUT2D eigenvalue weighted by Gasteiger charge is 2.26. The molecule has 2 N–H and O–H groups in total. The van der Waals surface area contributed by atoms with Gasteiger partial charge in [0.1, 0.15) is 0 Å². The van der Waals surface area contributed by atoms with Crippen molar-refractivity contribution >= 4 is 16.9 Å². The van der Waals surface area contributed by atoms with Crippen LogP contribution in [0.1, 0.15) is 48.2 Å². The van der Waals surface area contributed by atoms with Crippen LogP contribution in [-0.4, -0.2) is 38.4 Å². The molecule has 2 atom stereocenters. The summed E-state index contributed by atoms with van der Waals surface area (Å²) < 4.78 is 1.68. The third kappa shape index (κ3) is 3.22. The maximum Gasteiger partial charge on any atom is 0.252 e. The van der Waals surface area contributed by atoms with Gasteiger partial charge in [-0.2, -0.15) is 5.10 Å². The molecule has 23 heavy (non-hydrogen) atoms. The van der Waals surface area contributed by atoms with E-state index in [-0.39, 0.29) is 24.5 Å². The van der Waals surface area contributed by atoms with Crippen molar-refractivity contribution in [1.82, 2.24) is 20.1 Å². The van der Waals surface area contributed by atoms with Gasteiger partial charge in [-0.15, -0.1) is 0 Å². The first kappa shape index (κ1) is 15.9. The molecule has 1 saturated carbocycles. The van der Waals surface area contributed by atoms with E-state index in [1.165, 1.54) is 6.42 Å². The summed E-state index contributed by atoms with van der Waals surface area (Å²) in [5.74, 6) is 0.0487. The Kier molecular flexibility index (Phi) is 4.61. The Bertz CT molecular complexity index is 710. The minimum absolute atomic E-state index is 0.0372. The van der Waals surface area contributed by atoms with Crippen LogP contribution in [0.25, 0.3) is 11.0 Å². The molecule has 0 saturated heterocycles. The Morgan fingerprint density at radius 2 is 2.17 bits per heavy atom. The van der Waals surface area contributed by atoms with Crippen LogP contribution in [0.2, 0.25) is 0 Å². The molecule has 0 bridgehead atoms. The molecule has 0 radical (unpaired) electrons. The van der Waals surface area contributed by atoms with Gasteiger partial charge >= 0.3 is 0 Å². The predicted molar refractivity (Wildman–Crippen MR) is 88.2 cm³/mol. The van der Waals surface area contributed by atoms with Crippen molar-refractivity contribution in [2.24, 2.45) is 13.0 Å². The highest BCUT2D eigenvalue weighted by Crippen LogP contribution is 2.24. The third-order valence-electron chi connectivity index (χ3n) is 4.79. The first-order valence-corrected chi connectivity index (χ1v) is 8.31. The smallest absolute Gasteiger partial charge is 0.252 e. The quantitative estimate of drug-likeness (QED) is 0.848. The Hall–Kier alpha value is -1.95. The van der Waals surface area contributed by atoms with Gasteiger partial charge in [0.05, 0.1) is 17.1 Å². The molecule has 6 heteroatoms. The summed E-state index contributed by atoms with van der Waals surface area (Å²) in [7, 11) is 1.82. The Morgan fingerprint density at radius 3 is 2.96 bits per heavy atom. The number of aromatic nitrogens is 3. The zero-order valence-electron chi connectivity index (χ0n) is 13.7. The van der Waals surface area contributed by atoms with Crippen LogP contribution < -0.4 is 5.32 Å². The predicted octanol–water partition coefficient (Wildman–Crippen LogP) is 1.95. The summed E-state index contributed by atoms with van der Waals surface area (Å²) in [6.45, 7) is 2.01. The largest absolute Gasteiger partial charge is 0.396 e. The maximum absolute atomic E-state index is 12.8. The van der Waals surface area contributed by atoms with Crippen LogP contribution in [0.4, 0.5) is 0 Å². The second-order valence-electron chi connectivity index (χ2n) is 6.48. The molecule has 1 fully saturated rings. The van der Waals surface area contributed by atoms with Crippen molar-refractivity contribution in [2.45, 2.75) is 45.1 Å².